The number of esters is 1. The van der Waals surface area contributed by atoms with Crippen LogP contribution >= 0.6 is 0 Å². The lowest BCUT2D eigenvalue weighted by molar-refractivity contribution is 0.0563. The number of nitrogens with zero attached hydrogens (tertiary/aromatic N) is 1. The van der Waals surface area contributed by atoms with Crippen molar-refractivity contribution in [2.45, 2.75) is 32.7 Å². The van der Waals surface area contributed by atoms with Crippen LogP contribution < -0.4 is 5.32 Å². The van der Waals surface area contributed by atoms with Crippen molar-refractivity contribution >= 4 is 5.97 Å². The van der Waals surface area contributed by atoms with E-state index in [2.05, 4.69) is 21.9 Å². The van der Waals surface area contributed by atoms with Crippen LogP contribution in [0.4, 0.5) is 0 Å². The van der Waals surface area contributed by atoms with Gasteiger partial charge in [0.25, 0.3) is 0 Å². The third-order valence-electron chi connectivity index (χ3n) is 3.86. The van der Waals surface area contributed by atoms with Gasteiger partial charge in [0.05, 0.1) is 13.7 Å². The summed E-state index contributed by atoms with van der Waals surface area (Å²) in [7, 11) is 1.35. The molecular weight excluding hydrogens is 268 g/mol. The van der Waals surface area contributed by atoms with E-state index in [9.17, 15) is 4.79 Å². The molecule has 0 saturated carbocycles. The number of carbonyl (C=O) groups is 1. The Kier molecular flexibility index (Phi) is 6.26. The topological polar surface area (TPSA) is 54.7 Å². The van der Waals surface area contributed by atoms with E-state index in [4.69, 9.17) is 4.42 Å². The molecule has 1 aliphatic rings. The van der Waals surface area contributed by atoms with Gasteiger partial charge >= 0.3 is 5.97 Å². The van der Waals surface area contributed by atoms with Crippen LogP contribution in [0.5, 0.6) is 0 Å². The van der Waals surface area contributed by atoms with Gasteiger partial charge in [-0.25, -0.2) is 4.79 Å². The SMILES string of the molecule is COC(=O)c1ccc(CNCC(C)CN2CCCCC2)o1. The first-order valence-corrected chi connectivity index (χ1v) is 7.79. The van der Waals surface area contributed by atoms with Crippen molar-refractivity contribution in [3.05, 3.63) is 23.7 Å². The fraction of sp³-hybridized carbons (Fsp3) is 0.688. The van der Waals surface area contributed by atoms with Crippen LogP contribution in [0.1, 0.15) is 42.5 Å². The second-order valence-electron chi connectivity index (χ2n) is 5.85. The summed E-state index contributed by atoms with van der Waals surface area (Å²) in [6.45, 7) is 7.49. The minimum atomic E-state index is -0.431. The van der Waals surface area contributed by atoms with E-state index in [0.717, 1.165) is 18.8 Å². The molecule has 5 heteroatoms. The number of methoxy groups -OCH3 is 1. The lowest BCUT2D eigenvalue weighted by Crippen LogP contribution is -2.36. The van der Waals surface area contributed by atoms with E-state index in [1.54, 1.807) is 6.07 Å². The molecule has 118 valence electrons. The Morgan fingerprint density at radius 1 is 1.38 bits per heavy atom. The molecule has 0 amide bonds. The molecule has 1 aromatic rings. The second kappa shape index (κ2) is 8.20. The summed E-state index contributed by atoms with van der Waals surface area (Å²) in [5.74, 6) is 1.20. The van der Waals surface area contributed by atoms with Crippen molar-refractivity contribution in [1.82, 2.24) is 10.2 Å². The minimum absolute atomic E-state index is 0.260. The fourth-order valence-electron chi connectivity index (χ4n) is 2.77. The van der Waals surface area contributed by atoms with Crippen molar-refractivity contribution in [2.75, 3.05) is 33.3 Å². The van der Waals surface area contributed by atoms with E-state index in [1.807, 2.05) is 6.07 Å². The Bertz CT molecular complexity index is 438. The van der Waals surface area contributed by atoms with Crippen molar-refractivity contribution in [2.24, 2.45) is 5.92 Å². The van der Waals surface area contributed by atoms with Crippen LogP contribution in [0.25, 0.3) is 0 Å². The average molecular weight is 294 g/mol. The Morgan fingerprint density at radius 2 is 2.14 bits per heavy atom. The number of carbonyl (C=O) groups excluding carboxylic acids is 1. The summed E-state index contributed by atoms with van der Waals surface area (Å²) >= 11 is 0. The first kappa shape index (κ1) is 16.0. The fourth-order valence-corrected chi connectivity index (χ4v) is 2.77. The maximum Gasteiger partial charge on any atom is 0.373 e. The third kappa shape index (κ3) is 5.17. The molecule has 0 bridgehead atoms. The molecule has 1 atom stereocenters. The third-order valence-corrected chi connectivity index (χ3v) is 3.86. The standard InChI is InChI=1S/C16H26N2O3/c1-13(12-18-8-4-3-5-9-18)10-17-11-14-6-7-15(21-14)16(19)20-2/h6-7,13,17H,3-5,8-12H2,1-2H3. The number of piperidine rings is 1. The molecule has 1 aliphatic heterocycles. The first-order valence-electron chi connectivity index (χ1n) is 7.79. The van der Waals surface area contributed by atoms with Gasteiger partial charge in [0.15, 0.2) is 0 Å². The maximum atomic E-state index is 11.3. The quantitative estimate of drug-likeness (QED) is 0.782. The van der Waals surface area contributed by atoms with Gasteiger partial charge in [-0.1, -0.05) is 13.3 Å². The number of furan rings is 1. The lowest BCUT2D eigenvalue weighted by atomic mass is 10.1. The number of likely N-dealkylation sites (tertiary alicyclic amines) is 1. The van der Waals surface area contributed by atoms with E-state index in [-0.39, 0.29) is 5.76 Å². The summed E-state index contributed by atoms with van der Waals surface area (Å²) in [6, 6.07) is 3.47. The number of ether oxygens (including phenoxy) is 1. The summed E-state index contributed by atoms with van der Waals surface area (Å²) in [4.78, 5) is 13.8. The van der Waals surface area contributed by atoms with Crippen molar-refractivity contribution in [3.63, 3.8) is 0 Å². The van der Waals surface area contributed by atoms with Gasteiger partial charge in [-0.15, -0.1) is 0 Å². The monoisotopic (exact) mass is 294 g/mol. The predicted octanol–water partition coefficient (Wildman–Crippen LogP) is 2.28. The van der Waals surface area contributed by atoms with E-state index in [1.165, 1.54) is 39.5 Å². The molecule has 0 aliphatic carbocycles. The molecule has 21 heavy (non-hydrogen) atoms. The molecule has 1 aromatic heterocycles. The van der Waals surface area contributed by atoms with Crippen LogP contribution in [-0.4, -0.2) is 44.2 Å². The number of hydrogen-bond acceptors (Lipinski definition) is 5. The lowest BCUT2D eigenvalue weighted by Gasteiger charge is -2.29. The molecule has 0 radical (unpaired) electrons. The molecule has 1 N–H and O–H groups in total. The van der Waals surface area contributed by atoms with Crippen LogP contribution in [0.2, 0.25) is 0 Å². The van der Waals surface area contributed by atoms with Crippen LogP contribution in [0.15, 0.2) is 16.5 Å². The van der Waals surface area contributed by atoms with Gasteiger partial charge < -0.3 is 19.4 Å². The largest absolute Gasteiger partial charge is 0.463 e. The summed E-state index contributed by atoms with van der Waals surface area (Å²) < 4.78 is 10.0. The van der Waals surface area contributed by atoms with Crippen molar-refractivity contribution < 1.29 is 13.9 Å². The van der Waals surface area contributed by atoms with Crippen molar-refractivity contribution in [1.29, 1.82) is 0 Å². The highest BCUT2D eigenvalue weighted by molar-refractivity contribution is 5.86. The highest BCUT2D eigenvalue weighted by Gasteiger charge is 2.14. The maximum absolute atomic E-state index is 11.3. The van der Waals surface area contributed by atoms with E-state index < -0.39 is 5.97 Å². The molecule has 0 spiro atoms. The summed E-state index contributed by atoms with van der Waals surface area (Å²) in [6.07, 6.45) is 4.05. The normalized spacial score (nSPS) is 17.6. The molecule has 2 rings (SSSR count). The molecule has 5 nitrogen and oxygen atoms in total. The number of rotatable bonds is 7. The molecule has 1 fully saturated rings. The average Bonchev–Trinajstić information content (AvgIpc) is 2.96. The first-order chi connectivity index (χ1) is 10.2. The van der Waals surface area contributed by atoms with Crippen LogP contribution in [0.3, 0.4) is 0 Å². The molecule has 0 aromatic carbocycles. The highest BCUT2D eigenvalue weighted by Crippen LogP contribution is 2.11. The van der Waals surface area contributed by atoms with Gasteiger partial charge in [-0.2, -0.15) is 0 Å². The van der Waals surface area contributed by atoms with E-state index >= 15 is 0 Å². The Hall–Kier alpha value is -1.33. The minimum Gasteiger partial charge on any atom is -0.463 e. The smallest absolute Gasteiger partial charge is 0.373 e. The number of nitrogens with one attached hydrogen (secondary N) is 1. The zero-order valence-corrected chi connectivity index (χ0v) is 13.1. The summed E-state index contributed by atoms with van der Waals surface area (Å²) in [5.41, 5.74) is 0. The van der Waals surface area contributed by atoms with Crippen LogP contribution in [-0.2, 0) is 11.3 Å². The van der Waals surface area contributed by atoms with Crippen LogP contribution in [0, 0.1) is 5.92 Å². The Labute approximate surface area is 126 Å². The summed E-state index contributed by atoms with van der Waals surface area (Å²) in [5, 5.41) is 3.39. The van der Waals surface area contributed by atoms with Gasteiger partial charge in [0.2, 0.25) is 5.76 Å². The van der Waals surface area contributed by atoms with Gasteiger partial charge in [-0.3, -0.25) is 0 Å². The Morgan fingerprint density at radius 3 is 2.86 bits per heavy atom. The second-order valence-corrected chi connectivity index (χ2v) is 5.85. The zero-order chi connectivity index (χ0) is 15.1. The molecular formula is C16H26N2O3. The Balaban J connectivity index is 1.66. The van der Waals surface area contributed by atoms with Gasteiger partial charge in [0.1, 0.15) is 5.76 Å². The van der Waals surface area contributed by atoms with Crippen molar-refractivity contribution in [3.8, 4) is 0 Å². The number of hydrogen-bond donors (Lipinski definition) is 1. The predicted molar refractivity (Wildman–Crippen MR) is 81.2 cm³/mol. The molecule has 1 unspecified atom stereocenters. The molecule has 2 heterocycles. The van der Waals surface area contributed by atoms with E-state index in [0.29, 0.717) is 12.5 Å². The highest BCUT2D eigenvalue weighted by atomic mass is 16.5. The molecule has 1 saturated heterocycles. The zero-order valence-electron chi connectivity index (χ0n) is 13.1. The van der Waals surface area contributed by atoms with Gasteiger partial charge in [-0.05, 0) is 50.5 Å². The van der Waals surface area contributed by atoms with Gasteiger partial charge in [0, 0.05) is 6.54 Å².